The third-order valence-electron chi connectivity index (χ3n) is 10.3. The van der Waals surface area contributed by atoms with Gasteiger partial charge in [-0.15, -0.1) is 0 Å². The second kappa shape index (κ2) is 10.7. The number of hydrogen-bond acceptors (Lipinski definition) is 1. The van der Waals surface area contributed by atoms with Crippen molar-refractivity contribution in [3.05, 3.63) is 187 Å². The lowest BCUT2D eigenvalue weighted by atomic mass is 9.90. The zero-order chi connectivity index (χ0) is 31.6. The van der Waals surface area contributed by atoms with Crippen LogP contribution in [0.5, 0.6) is 0 Å². The first-order valence-electron chi connectivity index (χ1n) is 16.8. The molecule has 0 bridgehead atoms. The van der Waals surface area contributed by atoms with E-state index in [1.54, 1.807) is 0 Å². The van der Waals surface area contributed by atoms with E-state index in [0.29, 0.717) is 5.92 Å². The number of aromatic nitrogens is 1. The molecule has 2 heteroatoms. The standard InChI is InChI=1S/C46H32N2/c1-2-11-31(12-3-1)32-21-25-36(26-22-32)47-43-18-8-6-16-38(43)40-29-34(23-27-45(40)47)35-24-28-46-41(30-35)39-17-7-9-19-44(39)48(46)42-20-10-14-33-13-4-5-15-37(33)42/h1-15,17-30,38H,16H2. The molecule has 10 rings (SSSR count). The summed E-state index contributed by atoms with van der Waals surface area (Å²) >= 11 is 0. The van der Waals surface area contributed by atoms with Crippen LogP contribution < -0.4 is 4.90 Å². The van der Waals surface area contributed by atoms with E-state index >= 15 is 0 Å². The van der Waals surface area contributed by atoms with Gasteiger partial charge in [0.2, 0.25) is 0 Å². The van der Waals surface area contributed by atoms with Crippen molar-refractivity contribution in [3.63, 3.8) is 0 Å². The van der Waals surface area contributed by atoms with Crippen LogP contribution in [0.3, 0.4) is 0 Å². The summed E-state index contributed by atoms with van der Waals surface area (Å²) in [4.78, 5) is 2.46. The van der Waals surface area contributed by atoms with Crippen LogP contribution in [0.4, 0.5) is 11.4 Å². The summed E-state index contributed by atoms with van der Waals surface area (Å²) in [5, 5.41) is 5.06. The van der Waals surface area contributed by atoms with E-state index in [2.05, 4.69) is 185 Å². The lowest BCUT2D eigenvalue weighted by Crippen LogP contribution is -2.14. The molecule has 2 nitrogen and oxygen atoms in total. The topological polar surface area (TPSA) is 8.17 Å². The molecule has 0 spiro atoms. The Balaban J connectivity index is 1.09. The third kappa shape index (κ3) is 4.13. The Morgan fingerprint density at radius 3 is 2.06 bits per heavy atom. The molecule has 1 unspecified atom stereocenters. The number of fused-ring (bicyclic) bond motifs is 7. The molecular formula is C46H32N2. The van der Waals surface area contributed by atoms with E-state index in [4.69, 9.17) is 0 Å². The Kier molecular flexibility index (Phi) is 6.04. The fourth-order valence-corrected chi connectivity index (χ4v) is 8.03. The van der Waals surface area contributed by atoms with E-state index in [9.17, 15) is 0 Å². The number of rotatable bonds is 4. The Bertz CT molecular complexity index is 2580. The van der Waals surface area contributed by atoms with E-state index in [1.807, 2.05) is 0 Å². The van der Waals surface area contributed by atoms with Crippen molar-refractivity contribution in [2.24, 2.45) is 0 Å². The van der Waals surface area contributed by atoms with Crippen LogP contribution in [-0.2, 0) is 0 Å². The molecular weight excluding hydrogens is 581 g/mol. The number of allylic oxidation sites excluding steroid dienone is 4. The number of anilines is 2. The van der Waals surface area contributed by atoms with Gasteiger partial charge in [-0.2, -0.15) is 0 Å². The lowest BCUT2D eigenvalue weighted by molar-refractivity contribution is 0.820. The molecule has 0 saturated carbocycles. The van der Waals surface area contributed by atoms with Crippen LogP contribution in [0.15, 0.2) is 182 Å². The van der Waals surface area contributed by atoms with Crippen molar-refractivity contribution < 1.29 is 0 Å². The van der Waals surface area contributed by atoms with Crippen LogP contribution in [-0.4, -0.2) is 4.57 Å². The van der Waals surface area contributed by atoms with Gasteiger partial charge in [-0.3, -0.25) is 0 Å². The number of benzene rings is 7. The largest absolute Gasteiger partial charge is 0.313 e. The van der Waals surface area contributed by atoms with Crippen molar-refractivity contribution in [2.45, 2.75) is 12.3 Å². The number of hydrogen-bond donors (Lipinski definition) is 0. The molecule has 1 aliphatic heterocycles. The molecule has 1 atom stereocenters. The Morgan fingerprint density at radius 2 is 1.17 bits per heavy atom. The van der Waals surface area contributed by atoms with Gasteiger partial charge in [0.15, 0.2) is 0 Å². The molecule has 8 aromatic rings. The van der Waals surface area contributed by atoms with Crippen molar-refractivity contribution in [3.8, 4) is 27.9 Å². The highest BCUT2D eigenvalue weighted by molar-refractivity contribution is 6.11. The SMILES string of the molecule is C1=CCC2C(=C1)N(c1ccc(-c3ccccc3)cc1)c1ccc(-c3ccc4c(c3)c3ccccc3n4-c3cccc4ccccc34)cc12. The van der Waals surface area contributed by atoms with Crippen molar-refractivity contribution >= 4 is 44.0 Å². The molecule has 1 aromatic heterocycles. The predicted octanol–water partition coefficient (Wildman–Crippen LogP) is 12.3. The van der Waals surface area contributed by atoms with Gasteiger partial charge in [0.25, 0.3) is 0 Å². The maximum atomic E-state index is 2.46. The molecule has 2 aliphatic rings. The summed E-state index contributed by atoms with van der Waals surface area (Å²) in [6.07, 6.45) is 7.83. The summed E-state index contributed by atoms with van der Waals surface area (Å²) in [6, 6.07) is 57.8. The Labute approximate surface area is 280 Å². The molecule has 0 radical (unpaired) electrons. The number of para-hydroxylation sites is 1. The van der Waals surface area contributed by atoms with Crippen molar-refractivity contribution in [1.29, 1.82) is 0 Å². The Morgan fingerprint density at radius 1 is 0.479 bits per heavy atom. The van der Waals surface area contributed by atoms with Gasteiger partial charge in [-0.25, -0.2) is 0 Å². The summed E-state index contributed by atoms with van der Waals surface area (Å²) in [5.41, 5.74) is 13.9. The van der Waals surface area contributed by atoms with Gasteiger partial charge in [0, 0.05) is 39.1 Å². The average molecular weight is 613 g/mol. The maximum Gasteiger partial charge on any atom is 0.0541 e. The van der Waals surface area contributed by atoms with Crippen LogP contribution in [0.1, 0.15) is 17.9 Å². The van der Waals surface area contributed by atoms with Crippen LogP contribution in [0.25, 0.3) is 60.5 Å². The van der Waals surface area contributed by atoms with Crippen LogP contribution in [0, 0.1) is 0 Å². The fourth-order valence-electron chi connectivity index (χ4n) is 8.03. The van der Waals surface area contributed by atoms with Crippen molar-refractivity contribution in [1.82, 2.24) is 4.57 Å². The molecule has 0 saturated heterocycles. The zero-order valence-corrected chi connectivity index (χ0v) is 26.4. The molecule has 0 amide bonds. The highest BCUT2D eigenvalue weighted by Crippen LogP contribution is 2.51. The molecule has 48 heavy (non-hydrogen) atoms. The lowest BCUT2D eigenvalue weighted by Gasteiger charge is -2.24. The first-order chi connectivity index (χ1) is 23.8. The number of nitrogens with zero attached hydrogens (tertiary/aromatic N) is 2. The summed E-state index contributed by atoms with van der Waals surface area (Å²) < 4.78 is 2.44. The van der Waals surface area contributed by atoms with E-state index < -0.39 is 0 Å². The molecule has 2 heterocycles. The van der Waals surface area contributed by atoms with Crippen LogP contribution in [0.2, 0.25) is 0 Å². The summed E-state index contributed by atoms with van der Waals surface area (Å²) in [6.45, 7) is 0. The predicted molar refractivity (Wildman–Crippen MR) is 202 cm³/mol. The minimum Gasteiger partial charge on any atom is -0.313 e. The maximum absolute atomic E-state index is 2.46. The monoisotopic (exact) mass is 612 g/mol. The second-order valence-corrected chi connectivity index (χ2v) is 12.9. The van der Waals surface area contributed by atoms with Crippen molar-refractivity contribution in [2.75, 3.05) is 4.90 Å². The zero-order valence-electron chi connectivity index (χ0n) is 26.4. The smallest absolute Gasteiger partial charge is 0.0541 e. The molecule has 0 fully saturated rings. The second-order valence-electron chi connectivity index (χ2n) is 12.9. The molecule has 1 aliphatic carbocycles. The van der Waals surface area contributed by atoms with E-state index in [1.165, 1.54) is 83.2 Å². The van der Waals surface area contributed by atoms with Gasteiger partial charge in [0.1, 0.15) is 0 Å². The minimum atomic E-state index is 0.343. The van der Waals surface area contributed by atoms with Gasteiger partial charge < -0.3 is 9.47 Å². The van der Waals surface area contributed by atoms with Gasteiger partial charge in [0.05, 0.1) is 16.7 Å². The fraction of sp³-hybridized carbons (Fsp3) is 0.0435. The first-order valence-corrected chi connectivity index (χ1v) is 16.8. The first kappa shape index (κ1) is 27.0. The molecule has 0 N–H and O–H groups in total. The van der Waals surface area contributed by atoms with E-state index in [0.717, 1.165) is 6.42 Å². The highest BCUT2D eigenvalue weighted by atomic mass is 15.2. The van der Waals surface area contributed by atoms with E-state index in [-0.39, 0.29) is 0 Å². The molecule has 7 aromatic carbocycles. The molecule has 226 valence electrons. The average Bonchev–Trinajstić information content (AvgIpc) is 3.67. The third-order valence-corrected chi connectivity index (χ3v) is 10.3. The van der Waals surface area contributed by atoms with Gasteiger partial charge in [-0.05, 0) is 94.2 Å². The quantitative estimate of drug-likeness (QED) is 0.192. The highest BCUT2D eigenvalue weighted by Gasteiger charge is 2.35. The summed E-state index contributed by atoms with van der Waals surface area (Å²) in [5.74, 6) is 0.343. The normalized spacial score (nSPS) is 15.2. The summed E-state index contributed by atoms with van der Waals surface area (Å²) in [7, 11) is 0. The minimum absolute atomic E-state index is 0.343. The van der Waals surface area contributed by atoms with Gasteiger partial charge in [-0.1, -0.05) is 121 Å². The Hall–Kier alpha value is -6.12. The van der Waals surface area contributed by atoms with Crippen LogP contribution >= 0.6 is 0 Å². The van der Waals surface area contributed by atoms with Gasteiger partial charge >= 0.3 is 0 Å².